The number of rotatable bonds is 5. The summed E-state index contributed by atoms with van der Waals surface area (Å²) in [5.41, 5.74) is 6.52. The smallest absolute Gasteiger partial charge is 0.405 e. The maximum Gasteiger partial charge on any atom is 0.405 e. The lowest BCUT2D eigenvalue weighted by atomic mass is 9.91. The zero-order chi connectivity index (χ0) is 16.8. The van der Waals surface area contributed by atoms with Crippen molar-refractivity contribution in [3.8, 4) is 0 Å². The molecule has 4 N–H and O–H groups in total. The Kier molecular flexibility index (Phi) is 5.92. The van der Waals surface area contributed by atoms with E-state index in [1.165, 1.54) is 12.1 Å². The maximum absolute atomic E-state index is 12.9. The third-order valence-corrected chi connectivity index (χ3v) is 4.10. The summed E-state index contributed by atoms with van der Waals surface area (Å²) >= 11 is 0. The van der Waals surface area contributed by atoms with E-state index in [-0.39, 0.29) is 24.2 Å². The van der Waals surface area contributed by atoms with Crippen LogP contribution in [-0.2, 0) is 11.2 Å². The van der Waals surface area contributed by atoms with E-state index in [0.717, 1.165) is 24.8 Å². The van der Waals surface area contributed by atoms with Gasteiger partial charge in [-0.05, 0) is 42.9 Å². The van der Waals surface area contributed by atoms with Gasteiger partial charge in [-0.1, -0.05) is 12.1 Å². The molecule has 7 heteroatoms. The van der Waals surface area contributed by atoms with Crippen LogP contribution in [0.2, 0.25) is 0 Å². The number of carboxylic acid groups (broad SMARTS) is 1. The number of likely N-dealkylation sites (tertiary alicyclic amines) is 1. The fourth-order valence-electron chi connectivity index (χ4n) is 2.98. The van der Waals surface area contributed by atoms with Crippen molar-refractivity contribution in [2.45, 2.75) is 25.3 Å². The van der Waals surface area contributed by atoms with Crippen LogP contribution in [0.3, 0.4) is 0 Å². The number of hydrogen-bond acceptors (Lipinski definition) is 3. The molecule has 126 valence electrons. The minimum Gasteiger partial charge on any atom is -0.465 e. The second-order valence-electron chi connectivity index (χ2n) is 5.86. The second-order valence-corrected chi connectivity index (χ2v) is 5.86. The van der Waals surface area contributed by atoms with Crippen molar-refractivity contribution in [1.29, 1.82) is 0 Å². The molecule has 1 aliphatic rings. The molecular formula is C16H22FN3O3. The van der Waals surface area contributed by atoms with Crippen LogP contribution in [-0.4, -0.2) is 47.7 Å². The summed E-state index contributed by atoms with van der Waals surface area (Å²) in [4.78, 5) is 24.8. The van der Waals surface area contributed by atoms with Crippen LogP contribution >= 0.6 is 0 Å². The van der Waals surface area contributed by atoms with Crippen molar-refractivity contribution in [2.75, 3.05) is 19.6 Å². The van der Waals surface area contributed by atoms with Crippen molar-refractivity contribution in [1.82, 2.24) is 10.2 Å². The van der Waals surface area contributed by atoms with Gasteiger partial charge in [0, 0.05) is 19.6 Å². The van der Waals surface area contributed by atoms with Crippen LogP contribution in [0.25, 0.3) is 0 Å². The second kappa shape index (κ2) is 7.92. The van der Waals surface area contributed by atoms with Gasteiger partial charge in [0.15, 0.2) is 0 Å². The summed E-state index contributed by atoms with van der Waals surface area (Å²) in [6.07, 6.45) is 1.36. The lowest BCUT2D eigenvalue weighted by Crippen LogP contribution is -2.54. The number of carbonyl (C=O) groups is 2. The first kappa shape index (κ1) is 17.2. The molecule has 1 saturated heterocycles. The van der Waals surface area contributed by atoms with E-state index >= 15 is 0 Å². The predicted molar refractivity (Wildman–Crippen MR) is 83.4 cm³/mol. The van der Waals surface area contributed by atoms with Gasteiger partial charge >= 0.3 is 6.09 Å². The monoisotopic (exact) mass is 323 g/mol. The molecule has 0 aliphatic carbocycles. The summed E-state index contributed by atoms with van der Waals surface area (Å²) in [6.45, 7) is 1.11. The summed E-state index contributed by atoms with van der Waals surface area (Å²) in [6, 6.07) is 5.47. The van der Waals surface area contributed by atoms with Crippen molar-refractivity contribution < 1.29 is 19.1 Å². The van der Waals surface area contributed by atoms with Crippen LogP contribution < -0.4 is 11.1 Å². The number of benzene rings is 1. The summed E-state index contributed by atoms with van der Waals surface area (Å²) in [5, 5.41) is 10.9. The van der Waals surface area contributed by atoms with Crippen LogP contribution in [0, 0.1) is 11.7 Å². The van der Waals surface area contributed by atoms with Gasteiger partial charge in [0.25, 0.3) is 0 Å². The lowest BCUT2D eigenvalue weighted by molar-refractivity contribution is -0.134. The molecule has 0 saturated carbocycles. The SMILES string of the molecule is NC[C@@H](NC(=O)O)C(=O)N1CCC[C@@H](Cc2ccc(F)cc2)C1. The Bertz CT molecular complexity index is 550. The maximum atomic E-state index is 12.9. The van der Waals surface area contributed by atoms with Crippen LogP contribution in [0.5, 0.6) is 0 Å². The first-order valence-corrected chi connectivity index (χ1v) is 7.72. The number of carbonyl (C=O) groups excluding carboxylic acids is 1. The van der Waals surface area contributed by atoms with Gasteiger partial charge < -0.3 is 21.1 Å². The van der Waals surface area contributed by atoms with Gasteiger partial charge in [0.1, 0.15) is 11.9 Å². The highest BCUT2D eigenvalue weighted by Crippen LogP contribution is 2.21. The van der Waals surface area contributed by atoms with Gasteiger partial charge in [-0.15, -0.1) is 0 Å². The van der Waals surface area contributed by atoms with E-state index in [4.69, 9.17) is 10.8 Å². The zero-order valence-electron chi connectivity index (χ0n) is 12.9. The van der Waals surface area contributed by atoms with E-state index in [2.05, 4.69) is 5.32 Å². The number of nitrogens with two attached hydrogens (primary N) is 1. The van der Waals surface area contributed by atoms with Gasteiger partial charge in [0.2, 0.25) is 5.91 Å². The van der Waals surface area contributed by atoms with Crippen molar-refractivity contribution >= 4 is 12.0 Å². The minimum atomic E-state index is -1.26. The normalized spacial score (nSPS) is 19.2. The third kappa shape index (κ3) is 4.92. The topological polar surface area (TPSA) is 95.7 Å². The third-order valence-electron chi connectivity index (χ3n) is 4.10. The van der Waals surface area contributed by atoms with Crippen LogP contribution in [0.4, 0.5) is 9.18 Å². The molecule has 0 unspecified atom stereocenters. The first-order chi connectivity index (χ1) is 11.0. The molecule has 6 nitrogen and oxygen atoms in total. The number of nitrogens with one attached hydrogen (secondary N) is 1. The molecule has 2 amide bonds. The Hall–Kier alpha value is -2.15. The van der Waals surface area contributed by atoms with E-state index in [1.54, 1.807) is 17.0 Å². The summed E-state index contributed by atoms with van der Waals surface area (Å²) in [5.74, 6) is -0.264. The average molecular weight is 323 g/mol. The van der Waals surface area contributed by atoms with Gasteiger partial charge in [-0.25, -0.2) is 9.18 Å². The number of halogens is 1. The number of amides is 2. The van der Waals surface area contributed by atoms with E-state index in [1.807, 2.05) is 0 Å². The Balaban J connectivity index is 1.95. The molecule has 0 radical (unpaired) electrons. The predicted octanol–water partition coefficient (Wildman–Crippen LogP) is 1.20. The molecule has 1 fully saturated rings. The standard InChI is InChI=1S/C16H22FN3O3/c17-13-5-3-11(4-6-13)8-12-2-1-7-20(10-12)15(21)14(9-18)19-16(22)23/h3-6,12,14,19H,1-2,7-10,18H2,(H,22,23)/t12-,14+/m0/s1. The zero-order valence-corrected chi connectivity index (χ0v) is 12.9. The Morgan fingerprint density at radius 3 is 2.70 bits per heavy atom. The molecule has 2 atom stereocenters. The molecule has 0 bridgehead atoms. The van der Waals surface area contributed by atoms with E-state index in [9.17, 15) is 14.0 Å². The van der Waals surface area contributed by atoms with Crippen molar-refractivity contribution in [2.24, 2.45) is 11.7 Å². The molecule has 1 aromatic carbocycles. The quantitative estimate of drug-likeness (QED) is 0.759. The fourth-order valence-corrected chi connectivity index (χ4v) is 2.98. The lowest BCUT2D eigenvalue weighted by Gasteiger charge is -2.34. The van der Waals surface area contributed by atoms with E-state index < -0.39 is 12.1 Å². The van der Waals surface area contributed by atoms with Crippen LogP contribution in [0.15, 0.2) is 24.3 Å². The molecule has 2 rings (SSSR count). The highest BCUT2D eigenvalue weighted by Gasteiger charge is 2.29. The largest absolute Gasteiger partial charge is 0.465 e. The number of hydrogen-bond donors (Lipinski definition) is 3. The van der Waals surface area contributed by atoms with Gasteiger partial charge in [0.05, 0.1) is 0 Å². The Morgan fingerprint density at radius 1 is 1.39 bits per heavy atom. The fraction of sp³-hybridized carbons (Fsp3) is 0.500. The average Bonchev–Trinajstić information content (AvgIpc) is 2.54. The molecule has 1 aliphatic heterocycles. The summed E-state index contributed by atoms with van der Waals surface area (Å²) < 4.78 is 12.9. The Morgan fingerprint density at radius 2 is 2.09 bits per heavy atom. The first-order valence-electron chi connectivity index (χ1n) is 7.72. The molecule has 0 aromatic heterocycles. The molecule has 1 heterocycles. The highest BCUT2D eigenvalue weighted by molar-refractivity contribution is 5.85. The van der Waals surface area contributed by atoms with Crippen LogP contribution in [0.1, 0.15) is 18.4 Å². The van der Waals surface area contributed by atoms with Gasteiger partial charge in [-0.3, -0.25) is 4.79 Å². The van der Waals surface area contributed by atoms with Crippen molar-refractivity contribution in [3.05, 3.63) is 35.6 Å². The molecule has 0 spiro atoms. The van der Waals surface area contributed by atoms with E-state index in [0.29, 0.717) is 13.1 Å². The molecular weight excluding hydrogens is 301 g/mol. The van der Waals surface area contributed by atoms with Gasteiger partial charge in [-0.2, -0.15) is 0 Å². The van der Waals surface area contributed by atoms with Crippen molar-refractivity contribution in [3.63, 3.8) is 0 Å². The number of piperidine rings is 1. The summed E-state index contributed by atoms with van der Waals surface area (Å²) in [7, 11) is 0. The minimum absolute atomic E-state index is 0.0652. The Labute approximate surface area is 134 Å². The highest BCUT2D eigenvalue weighted by atomic mass is 19.1. The number of nitrogens with zero attached hydrogens (tertiary/aromatic N) is 1. The molecule has 1 aromatic rings. The molecule has 23 heavy (non-hydrogen) atoms.